The second-order valence-electron chi connectivity index (χ2n) is 11.4. The van der Waals surface area contributed by atoms with Crippen molar-refractivity contribution in [3.05, 3.63) is 93.5 Å². The molecule has 6 aromatic rings. The number of aryl methyl sites for hydroxylation is 2. The molecule has 0 amide bonds. The molecule has 0 bridgehead atoms. The largest absolute Gasteiger partial charge is 0.481 e. The predicted molar refractivity (Wildman–Crippen MR) is 182 cm³/mol. The quantitative estimate of drug-likeness (QED) is 0.141. The molecule has 4 N–H and O–H groups in total. The molecule has 0 aliphatic heterocycles. The minimum Gasteiger partial charge on any atom is -0.481 e. The lowest BCUT2D eigenvalue weighted by atomic mass is 9.92. The molecule has 4 heterocycles. The van der Waals surface area contributed by atoms with Crippen molar-refractivity contribution in [2.45, 2.75) is 50.6 Å². The molecule has 10 nitrogen and oxygen atoms in total. The number of rotatable bonds is 6. The average molecular weight is 658 g/mol. The molecule has 2 aromatic carbocycles. The fourth-order valence-electron chi connectivity index (χ4n) is 6.52. The van der Waals surface area contributed by atoms with E-state index in [4.69, 9.17) is 32.7 Å². The van der Waals surface area contributed by atoms with Crippen LogP contribution in [0.4, 0.5) is 11.9 Å². The Labute approximate surface area is 276 Å². The zero-order valence-corrected chi connectivity index (χ0v) is 27.0. The van der Waals surface area contributed by atoms with Crippen LogP contribution < -0.4 is 20.1 Å². The molecule has 46 heavy (non-hydrogen) atoms. The number of ether oxygens (including phenoxy) is 2. The lowest BCUT2D eigenvalue weighted by molar-refractivity contribution is 0.372. The van der Waals surface area contributed by atoms with Crippen molar-refractivity contribution in [3.63, 3.8) is 0 Å². The molecule has 2 aliphatic rings. The van der Waals surface area contributed by atoms with Crippen LogP contribution in [-0.4, -0.2) is 44.1 Å². The average Bonchev–Trinajstić information content (AvgIpc) is 3.64. The zero-order chi connectivity index (χ0) is 31.6. The molecular weight excluding hydrogens is 623 g/mol. The van der Waals surface area contributed by atoms with Gasteiger partial charge in [0.25, 0.3) is 0 Å². The number of hydrogen-bond donors (Lipinski definition) is 4. The number of aromatic nitrogens is 6. The number of H-pyrrole nitrogens is 2. The number of nitrogens with one attached hydrogen (secondary N) is 4. The van der Waals surface area contributed by atoms with Crippen LogP contribution in [0.15, 0.2) is 60.9 Å². The Morgan fingerprint density at radius 2 is 1.20 bits per heavy atom. The van der Waals surface area contributed by atoms with Gasteiger partial charge in [-0.25, -0.2) is 9.97 Å². The maximum absolute atomic E-state index is 6.17. The Kier molecular flexibility index (Phi) is 8.55. The van der Waals surface area contributed by atoms with Crippen molar-refractivity contribution in [2.24, 2.45) is 0 Å². The third-order valence-electron chi connectivity index (χ3n) is 8.61. The Balaban J connectivity index is 0.000000149. The summed E-state index contributed by atoms with van der Waals surface area (Å²) in [4.78, 5) is 24.3. The second-order valence-corrected chi connectivity index (χ2v) is 12.3. The van der Waals surface area contributed by atoms with Crippen LogP contribution in [0.3, 0.4) is 0 Å². The summed E-state index contributed by atoms with van der Waals surface area (Å²) in [5, 5.41) is 10.8. The van der Waals surface area contributed by atoms with Gasteiger partial charge in [-0.05, 0) is 92.1 Å². The molecule has 0 saturated carbocycles. The van der Waals surface area contributed by atoms with Crippen LogP contribution in [0.25, 0.3) is 21.8 Å². The molecule has 0 fully saturated rings. The van der Waals surface area contributed by atoms with Crippen molar-refractivity contribution >= 4 is 56.9 Å². The summed E-state index contributed by atoms with van der Waals surface area (Å²) in [6.45, 7) is 0. The van der Waals surface area contributed by atoms with Crippen molar-refractivity contribution in [1.82, 2.24) is 29.9 Å². The Hall–Kier alpha value is -4.54. The van der Waals surface area contributed by atoms with Crippen LogP contribution in [0, 0.1) is 0 Å². The summed E-state index contributed by atoms with van der Waals surface area (Å²) in [5.41, 5.74) is 7.35. The molecule has 0 saturated heterocycles. The highest BCUT2D eigenvalue weighted by Gasteiger charge is 2.26. The van der Waals surface area contributed by atoms with Crippen molar-refractivity contribution in [3.8, 4) is 11.8 Å². The van der Waals surface area contributed by atoms with Gasteiger partial charge in [0.2, 0.25) is 23.7 Å². The first kappa shape index (κ1) is 30.1. The van der Waals surface area contributed by atoms with Crippen molar-refractivity contribution in [2.75, 3.05) is 24.9 Å². The number of halogens is 2. The van der Waals surface area contributed by atoms with E-state index in [0.29, 0.717) is 23.7 Å². The lowest BCUT2D eigenvalue weighted by Gasteiger charge is -2.24. The summed E-state index contributed by atoms with van der Waals surface area (Å²) in [6.07, 6.45) is 9.94. The van der Waals surface area contributed by atoms with Crippen LogP contribution in [0.5, 0.6) is 11.8 Å². The van der Waals surface area contributed by atoms with Gasteiger partial charge < -0.3 is 30.1 Å². The second kappa shape index (κ2) is 13.1. The highest BCUT2D eigenvalue weighted by Crippen LogP contribution is 2.38. The fourth-order valence-corrected chi connectivity index (χ4v) is 6.87. The van der Waals surface area contributed by atoms with Gasteiger partial charge in [0, 0.05) is 55.6 Å². The third kappa shape index (κ3) is 6.15. The molecule has 236 valence electrons. The van der Waals surface area contributed by atoms with E-state index in [0.717, 1.165) is 59.6 Å². The van der Waals surface area contributed by atoms with E-state index in [1.54, 1.807) is 32.7 Å². The van der Waals surface area contributed by atoms with Gasteiger partial charge >= 0.3 is 0 Å². The van der Waals surface area contributed by atoms with Crippen LogP contribution in [0.1, 0.15) is 60.3 Å². The molecule has 12 heteroatoms. The normalized spacial score (nSPS) is 17.0. The molecule has 4 aromatic heterocycles. The first-order valence-corrected chi connectivity index (χ1v) is 16.1. The van der Waals surface area contributed by atoms with Gasteiger partial charge in [0.15, 0.2) is 0 Å². The molecule has 2 aliphatic carbocycles. The first-order valence-electron chi connectivity index (χ1n) is 15.4. The molecular formula is C34H34Cl2N8O2. The number of hydrogen-bond acceptors (Lipinski definition) is 8. The first-order chi connectivity index (χ1) is 22.5. The Morgan fingerprint density at radius 1 is 0.696 bits per heavy atom. The van der Waals surface area contributed by atoms with Gasteiger partial charge in [-0.15, -0.1) is 0 Å². The molecule has 8 rings (SSSR count). The van der Waals surface area contributed by atoms with Gasteiger partial charge in [0.05, 0.1) is 32.4 Å². The van der Waals surface area contributed by atoms with E-state index in [1.807, 2.05) is 42.5 Å². The topological polar surface area (TPSA) is 126 Å². The van der Waals surface area contributed by atoms with Crippen LogP contribution >= 0.6 is 23.2 Å². The fraction of sp³-hybridized carbons (Fsp3) is 0.294. The number of fused-ring (bicyclic) bond motifs is 6. The summed E-state index contributed by atoms with van der Waals surface area (Å²) in [5.74, 6) is 2.10. The third-order valence-corrected chi connectivity index (χ3v) is 9.08. The SMILES string of the molecule is COc1cc(OC)nc(NC2CCCc3c2[nH]c2ccc(Cl)cc32)n1.Clc1ccc2[nH]c3c(c2c1)CCCC3Nc1ncccn1. The molecule has 2 unspecified atom stereocenters. The van der Waals surface area contributed by atoms with E-state index >= 15 is 0 Å². The molecule has 0 radical (unpaired) electrons. The minimum absolute atomic E-state index is 0.103. The van der Waals surface area contributed by atoms with E-state index in [-0.39, 0.29) is 12.1 Å². The number of aromatic amines is 2. The summed E-state index contributed by atoms with van der Waals surface area (Å²) < 4.78 is 10.4. The summed E-state index contributed by atoms with van der Waals surface area (Å²) in [6, 6.07) is 15.8. The van der Waals surface area contributed by atoms with E-state index in [2.05, 4.69) is 40.5 Å². The van der Waals surface area contributed by atoms with Crippen LogP contribution in [0.2, 0.25) is 10.0 Å². The van der Waals surface area contributed by atoms with Gasteiger partial charge in [-0.2, -0.15) is 9.97 Å². The smallest absolute Gasteiger partial charge is 0.229 e. The summed E-state index contributed by atoms with van der Waals surface area (Å²) >= 11 is 12.3. The number of benzene rings is 2. The Bertz CT molecular complexity index is 1970. The zero-order valence-electron chi connectivity index (χ0n) is 25.5. The minimum atomic E-state index is 0.103. The molecule has 2 atom stereocenters. The van der Waals surface area contributed by atoms with E-state index < -0.39 is 0 Å². The standard InChI is InChI=1S/C18H19ClN4O2.C16H15ClN4/c1-24-15-9-16(25-2)23-18(22-15)21-14-5-3-4-11-12-8-10(19)6-7-13(12)20-17(11)14;17-10-5-6-13-12(9-10)11-3-1-4-14(15(11)20-13)21-16-18-7-2-8-19-16/h6-9,14,20H,3-5H2,1-2H3,(H,21,22,23);2,5-9,14,20H,1,3-4H2,(H,18,19,21). The maximum Gasteiger partial charge on any atom is 0.229 e. The maximum atomic E-state index is 6.17. The highest BCUT2D eigenvalue weighted by atomic mass is 35.5. The monoisotopic (exact) mass is 656 g/mol. The van der Waals surface area contributed by atoms with Gasteiger partial charge in [-0.3, -0.25) is 0 Å². The molecule has 0 spiro atoms. The van der Waals surface area contributed by atoms with E-state index in [9.17, 15) is 0 Å². The van der Waals surface area contributed by atoms with Gasteiger partial charge in [0.1, 0.15) is 0 Å². The number of nitrogens with zero attached hydrogens (tertiary/aromatic N) is 4. The predicted octanol–water partition coefficient (Wildman–Crippen LogP) is 8.22. The Morgan fingerprint density at radius 3 is 1.70 bits per heavy atom. The highest BCUT2D eigenvalue weighted by molar-refractivity contribution is 6.31. The number of anilines is 2. The van der Waals surface area contributed by atoms with Crippen molar-refractivity contribution in [1.29, 1.82) is 0 Å². The summed E-state index contributed by atoms with van der Waals surface area (Å²) in [7, 11) is 3.15. The van der Waals surface area contributed by atoms with Crippen LogP contribution in [-0.2, 0) is 12.8 Å². The van der Waals surface area contributed by atoms with Crippen molar-refractivity contribution < 1.29 is 9.47 Å². The van der Waals surface area contributed by atoms with Gasteiger partial charge in [-0.1, -0.05) is 23.2 Å². The lowest BCUT2D eigenvalue weighted by Crippen LogP contribution is -2.18. The number of methoxy groups -OCH3 is 2. The van der Waals surface area contributed by atoms with E-state index in [1.165, 1.54) is 33.3 Å².